The van der Waals surface area contributed by atoms with Crippen molar-refractivity contribution >= 4 is 0 Å². The first-order chi connectivity index (χ1) is 10.6. The number of rotatable bonds is 12. The summed E-state index contributed by atoms with van der Waals surface area (Å²) in [6.07, 6.45) is 13.8. The number of aryl methyl sites for hydroxylation is 2. The quantitative estimate of drug-likeness (QED) is 0.468. The molecule has 0 unspecified atom stereocenters. The average molecular weight is 304 g/mol. The first-order valence-corrected chi connectivity index (χ1v) is 9.50. The van der Waals surface area contributed by atoms with E-state index in [0.29, 0.717) is 0 Å². The van der Waals surface area contributed by atoms with Crippen LogP contribution in [0.5, 0.6) is 0 Å². The van der Waals surface area contributed by atoms with Crippen LogP contribution >= 0.6 is 0 Å². The Labute approximate surface area is 138 Å². The van der Waals surface area contributed by atoms with Gasteiger partial charge in [-0.25, -0.2) is 0 Å². The van der Waals surface area contributed by atoms with Gasteiger partial charge in [0.05, 0.1) is 0 Å². The van der Waals surface area contributed by atoms with Gasteiger partial charge in [-0.3, -0.25) is 0 Å². The van der Waals surface area contributed by atoms with Crippen molar-refractivity contribution in [1.29, 1.82) is 0 Å². The zero-order valence-electron chi connectivity index (χ0n) is 15.2. The van der Waals surface area contributed by atoms with E-state index in [-0.39, 0.29) is 5.54 Å². The van der Waals surface area contributed by atoms with Gasteiger partial charge >= 0.3 is 0 Å². The summed E-state index contributed by atoms with van der Waals surface area (Å²) in [6, 6.07) is 9.24. The first-order valence-electron chi connectivity index (χ1n) is 9.50. The molecule has 0 spiro atoms. The van der Waals surface area contributed by atoms with Gasteiger partial charge in [0.1, 0.15) is 0 Å². The zero-order chi connectivity index (χ0) is 16.3. The van der Waals surface area contributed by atoms with Crippen LogP contribution in [0.4, 0.5) is 0 Å². The van der Waals surface area contributed by atoms with Gasteiger partial charge in [0.25, 0.3) is 0 Å². The number of nitrogens with two attached hydrogens (primary N) is 1. The maximum atomic E-state index is 6.39. The molecular weight excluding hydrogens is 266 g/mol. The highest BCUT2D eigenvalue weighted by molar-refractivity contribution is 5.23. The molecule has 22 heavy (non-hydrogen) atoms. The summed E-state index contributed by atoms with van der Waals surface area (Å²) < 4.78 is 0. The van der Waals surface area contributed by atoms with Crippen molar-refractivity contribution < 1.29 is 0 Å². The van der Waals surface area contributed by atoms with Crippen molar-refractivity contribution in [2.75, 3.05) is 0 Å². The molecule has 0 saturated carbocycles. The van der Waals surface area contributed by atoms with Crippen LogP contribution in [-0.4, -0.2) is 5.54 Å². The smallest absolute Gasteiger partial charge is 0.0152 e. The van der Waals surface area contributed by atoms with E-state index in [1.54, 1.807) is 0 Å². The van der Waals surface area contributed by atoms with E-state index in [2.05, 4.69) is 45.0 Å². The molecule has 1 aromatic rings. The van der Waals surface area contributed by atoms with E-state index in [1.807, 2.05) is 0 Å². The van der Waals surface area contributed by atoms with Gasteiger partial charge in [-0.2, -0.15) is 0 Å². The molecule has 1 heteroatoms. The number of unbranched alkanes of at least 4 members (excludes halogenated alkanes) is 5. The Morgan fingerprint density at radius 3 is 1.77 bits per heavy atom. The lowest BCUT2D eigenvalue weighted by Crippen LogP contribution is -2.38. The largest absolute Gasteiger partial charge is 0.325 e. The minimum absolute atomic E-state index is 0.0250. The molecule has 0 aliphatic carbocycles. The fraction of sp³-hybridized carbons (Fsp3) is 0.714. The minimum atomic E-state index is 0.0250. The van der Waals surface area contributed by atoms with Crippen molar-refractivity contribution in [2.45, 2.75) is 96.9 Å². The monoisotopic (exact) mass is 303 g/mol. The Hall–Kier alpha value is -0.820. The molecule has 1 nitrogen and oxygen atoms in total. The Bertz CT molecular complexity index is 375. The van der Waals surface area contributed by atoms with Crippen molar-refractivity contribution in [2.24, 2.45) is 5.73 Å². The van der Waals surface area contributed by atoms with Crippen molar-refractivity contribution in [3.8, 4) is 0 Å². The van der Waals surface area contributed by atoms with E-state index < -0.39 is 0 Å². The normalized spacial score (nSPS) is 11.8. The highest BCUT2D eigenvalue weighted by Crippen LogP contribution is 2.19. The van der Waals surface area contributed by atoms with Gasteiger partial charge in [-0.15, -0.1) is 0 Å². The molecule has 0 saturated heterocycles. The van der Waals surface area contributed by atoms with Gasteiger partial charge in [0, 0.05) is 5.54 Å². The third kappa shape index (κ3) is 7.45. The SMILES string of the molecule is CCCCCCCCc1ccc(CCC(N)(CC)CC)cc1. The highest BCUT2D eigenvalue weighted by Gasteiger charge is 2.19. The van der Waals surface area contributed by atoms with Crippen molar-refractivity contribution in [1.82, 2.24) is 0 Å². The van der Waals surface area contributed by atoms with Gasteiger partial charge in [-0.1, -0.05) is 77.1 Å². The van der Waals surface area contributed by atoms with Crippen LogP contribution in [0, 0.1) is 0 Å². The zero-order valence-corrected chi connectivity index (χ0v) is 15.2. The Balaban J connectivity index is 2.28. The molecule has 2 N–H and O–H groups in total. The Kier molecular flexibility index (Phi) is 9.47. The lowest BCUT2D eigenvalue weighted by Gasteiger charge is -2.26. The van der Waals surface area contributed by atoms with E-state index in [9.17, 15) is 0 Å². The summed E-state index contributed by atoms with van der Waals surface area (Å²) >= 11 is 0. The molecule has 0 aliphatic rings. The van der Waals surface area contributed by atoms with Gasteiger partial charge in [0.15, 0.2) is 0 Å². The Morgan fingerprint density at radius 2 is 1.23 bits per heavy atom. The molecule has 1 aromatic carbocycles. The fourth-order valence-electron chi connectivity index (χ4n) is 2.98. The van der Waals surface area contributed by atoms with Crippen LogP contribution in [-0.2, 0) is 12.8 Å². The molecule has 0 heterocycles. The third-order valence-corrected chi connectivity index (χ3v) is 5.16. The molecule has 0 amide bonds. The van der Waals surface area contributed by atoms with Crippen LogP contribution < -0.4 is 5.73 Å². The molecule has 0 fully saturated rings. The van der Waals surface area contributed by atoms with E-state index >= 15 is 0 Å². The standard InChI is InChI=1S/C21H37N/c1-4-7-8-9-10-11-12-19-13-15-20(16-14-19)17-18-21(22,5-2)6-3/h13-16H,4-12,17-18,22H2,1-3H3. The number of hydrogen-bond donors (Lipinski definition) is 1. The van der Waals surface area contributed by atoms with Gasteiger partial charge in [-0.05, 0) is 49.7 Å². The van der Waals surface area contributed by atoms with Crippen LogP contribution in [0.25, 0.3) is 0 Å². The molecule has 0 aromatic heterocycles. The second-order valence-corrected chi connectivity index (χ2v) is 6.90. The van der Waals surface area contributed by atoms with Gasteiger partial charge < -0.3 is 5.73 Å². The predicted octanol–water partition coefficient (Wildman–Crippen LogP) is 6.04. The summed E-state index contributed by atoms with van der Waals surface area (Å²) in [6.45, 7) is 6.68. The topological polar surface area (TPSA) is 26.0 Å². The summed E-state index contributed by atoms with van der Waals surface area (Å²) in [5.41, 5.74) is 9.34. The molecular formula is C21H37N. The summed E-state index contributed by atoms with van der Waals surface area (Å²) in [5, 5.41) is 0. The first kappa shape index (κ1) is 19.2. The summed E-state index contributed by atoms with van der Waals surface area (Å²) in [5.74, 6) is 0. The molecule has 1 rings (SSSR count). The molecule has 0 aliphatic heterocycles. The fourth-order valence-corrected chi connectivity index (χ4v) is 2.98. The van der Waals surface area contributed by atoms with Crippen LogP contribution in [0.3, 0.4) is 0 Å². The summed E-state index contributed by atoms with van der Waals surface area (Å²) in [7, 11) is 0. The van der Waals surface area contributed by atoms with E-state index in [1.165, 1.54) is 56.1 Å². The third-order valence-electron chi connectivity index (χ3n) is 5.16. The summed E-state index contributed by atoms with van der Waals surface area (Å²) in [4.78, 5) is 0. The van der Waals surface area contributed by atoms with Crippen molar-refractivity contribution in [3.05, 3.63) is 35.4 Å². The lowest BCUT2D eigenvalue weighted by molar-refractivity contribution is 0.367. The molecule has 0 bridgehead atoms. The molecule has 126 valence electrons. The van der Waals surface area contributed by atoms with Crippen molar-refractivity contribution in [3.63, 3.8) is 0 Å². The average Bonchev–Trinajstić information content (AvgIpc) is 2.57. The highest BCUT2D eigenvalue weighted by atomic mass is 14.7. The number of hydrogen-bond acceptors (Lipinski definition) is 1. The van der Waals surface area contributed by atoms with E-state index in [0.717, 1.165) is 25.7 Å². The molecule has 0 radical (unpaired) electrons. The van der Waals surface area contributed by atoms with Gasteiger partial charge in [0.2, 0.25) is 0 Å². The second kappa shape index (κ2) is 10.8. The van der Waals surface area contributed by atoms with Crippen LogP contribution in [0.2, 0.25) is 0 Å². The van der Waals surface area contributed by atoms with Crippen LogP contribution in [0.15, 0.2) is 24.3 Å². The Morgan fingerprint density at radius 1 is 0.727 bits per heavy atom. The van der Waals surface area contributed by atoms with E-state index in [4.69, 9.17) is 5.73 Å². The number of benzene rings is 1. The van der Waals surface area contributed by atoms with Crippen LogP contribution in [0.1, 0.15) is 89.7 Å². The molecule has 0 atom stereocenters. The minimum Gasteiger partial charge on any atom is -0.325 e. The maximum Gasteiger partial charge on any atom is 0.0152 e. The lowest BCUT2D eigenvalue weighted by atomic mass is 9.87. The predicted molar refractivity (Wildman–Crippen MR) is 99.3 cm³/mol. The second-order valence-electron chi connectivity index (χ2n) is 6.90. The maximum absolute atomic E-state index is 6.39.